The standard InChI is InChI=1S/C16H24BrN/c1-11-6-4-8-13(10-11)16(18-3)14-9-5-7-12(2)15(14)17/h5,7,9,11,13,16,18H,4,6,8,10H2,1-3H3. The summed E-state index contributed by atoms with van der Waals surface area (Å²) in [5.74, 6) is 1.65. The molecule has 0 heterocycles. The summed E-state index contributed by atoms with van der Waals surface area (Å²) in [5, 5.41) is 3.55. The first-order valence-electron chi connectivity index (χ1n) is 7.05. The van der Waals surface area contributed by atoms with Crippen molar-refractivity contribution in [3.05, 3.63) is 33.8 Å². The van der Waals surface area contributed by atoms with Crippen LogP contribution >= 0.6 is 15.9 Å². The molecule has 0 aliphatic heterocycles. The summed E-state index contributed by atoms with van der Waals surface area (Å²) >= 11 is 3.76. The zero-order chi connectivity index (χ0) is 13.1. The second-order valence-corrected chi connectivity index (χ2v) is 6.57. The van der Waals surface area contributed by atoms with Crippen LogP contribution < -0.4 is 5.32 Å². The Labute approximate surface area is 119 Å². The van der Waals surface area contributed by atoms with Crippen molar-refractivity contribution in [1.29, 1.82) is 0 Å². The first-order valence-corrected chi connectivity index (χ1v) is 7.85. The van der Waals surface area contributed by atoms with Gasteiger partial charge < -0.3 is 5.32 Å². The molecule has 1 aliphatic carbocycles. The molecule has 1 aromatic carbocycles. The van der Waals surface area contributed by atoms with Crippen molar-refractivity contribution in [3.8, 4) is 0 Å². The highest BCUT2D eigenvalue weighted by Crippen LogP contribution is 2.39. The summed E-state index contributed by atoms with van der Waals surface area (Å²) in [4.78, 5) is 0. The van der Waals surface area contributed by atoms with E-state index in [9.17, 15) is 0 Å². The minimum Gasteiger partial charge on any atom is -0.313 e. The lowest BCUT2D eigenvalue weighted by molar-refractivity contribution is 0.229. The van der Waals surface area contributed by atoms with E-state index in [0.717, 1.165) is 11.8 Å². The Bertz CT molecular complexity index is 402. The molecule has 2 rings (SSSR count). The summed E-state index contributed by atoms with van der Waals surface area (Å²) < 4.78 is 1.28. The van der Waals surface area contributed by atoms with Gasteiger partial charge >= 0.3 is 0 Å². The first kappa shape index (κ1) is 14.1. The van der Waals surface area contributed by atoms with Crippen molar-refractivity contribution in [3.63, 3.8) is 0 Å². The lowest BCUT2D eigenvalue weighted by atomic mass is 9.76. The first-order chi connectivity index (χ1) is 8.63. The van der Waals surface area contributed by atoms with Crippen LogP contribution in [0.4, 0.5) is 0 Å². The summed E-state index contributed by atoms with van der Waals surface area (Å²) in [6.45, 7) is 4.56. The van der Waals surface area contributed by atoms with Crippen LogP contribution in [0.3, 0.4) is 0 Å². The summed E-state index contributed by atoms with van der Waals surface area (Å²) in [7, 11) is 2.10. The monoisotopic (exact) mass is 309 g/mol. The summed E-state index contributed by atoms with van der Waals surface area (Å²) in [5.41, 5.74) is 2.76. The summed E-state index contributed by atoms with van der Waals surface area (Å²) in [6, 6.07) is 7.09. The zero-order valence-electron chi connectivity index (χ0n) is 11.7. The van der Waals surface area contributed by atoms with Gasteiger partial charge in [0.05, 0.1) is 0 Å². The number of hydrogen-bond donors (Lipinski definition) is 1. The van der Waals surface area contributed by atoms with Gasteiger partial charge in [-0.2, -0.15) is 0 Å². The van der Waals surface area contributed by atoms with E-state index >= 15 is 0 Å². The molecule has 1 aliphatic rings. The van der Waals surface area contributed by atoms with Crippen molar-refractivity contribution in [1.82, 2.24) is 5.32 Å². The van der Waals surface area contributed by atoms with Gasteiger partial charge in [-0.25, -0.2) is 0 Å². The van der Waals surface area contributed by atoms with Crippen LogP contribution in [-0.2, 0) is 0 Å². The van der Waals surface area contributed by atoms with Crippen LogP contribution in [0.2, 0.25) is 0 Å². The second-order valence-electron chi connectivity index (χ2n) is 5.78. The highest BCUT2D eigenvalue weighted by Gasteiger charge is 2.28. The van der Waals surface area contributed by atoms with Crippen LogP contribution in [-0.4, -0.2) is 7.05 Å². The molecule has 1 N–H and O–H groups in total. The third-order valence-corrected chi connectivity index (χ3v) is 5.40. The number of rotatable bonds is 3. The Morgan fingerprint density at radius 3 is 2.78 bits per heavy atom. The van der Waals surface area contributed by atoms with Gasteiger partial charge in [-0.3, -0.25) is 0 Å². The Hall–Kier alpha value is -0.340. The van der Waals surface area contributed by atoms with Gasteiger partial charge in [0.1, 0.15) is 0 Å². The molecule has 0 spiro atoms. The third kappa shape index (κ3) is 2.97. The van der Waals surface area contributed by atoms with Gasteiger partial charge in [-0.05, 0) is 49.8 Å². The lowest BCUT2D eigenvalue weighted by Gasteiger charge is -2.34. The second kappa shape index (κ2) is 6.21. The van der Waals surface area contributed by atoms with Gasteiger partial charge in [0.2, 0.25) is 0 Å². The quantitative estimate of drug-likeness (QED) is 0.842. The maximum absolute atomic E-state index is 3.76. The van der Waals surface area contributed by atoms with Crippen LogP contribution in [0.5, 0.6) is 0 Å². The van der Waals surface area contributed by atoms with Gasteiger partial charge in [-0.15, -0.1) is 0 Å². The van der Waals surface area contributed by atoms with Crippen molar-refractivity contribution in [2.24, 2.45) is 11.8 Å². The maximum atomic E-state index is 3.76. The molecule has 100 valence electrons. The van der Waals surface area contributed by atoms with E-state index < -0.39 is 0 Å². The molecule has 18 heavy (non-hydrogen) atoms. The van der Waals surface area contributed by atoms with Gasteiger partial charge in [0.15, 0.2) is 0 Å². The number of nitrogens with one attached hydrogen (secondary N) is 1. The molecule has 0 amide bonds. The normalized spacial score (nSPS) is 26.0. The molecule has 0 radical (unpaired) electrons. The zero-order valence-corrected chi connectivity index (χ0v) is 13.3. The molecule has 0 aromatic heterocycles. The Kier molecular flexibility index (Phi) is 4.85. The maximum Gasteiger partial charge on any atom is 0.0357 e. The molecule has 1 fully saturated rings. The largest absolute Gasteiger partial charge is 0.313 e. The highest BCUT2D eigenvalue weighted by atomic mass is 79.9. The van der Waals surface area contributed by atoms with E-state index in [4.69, 9.17) is 0 Å². The molecular weight excluding hydrogens is 286 g/mol. The lowest BCUT2D eigenvalue weighted by Crippen LogP contribution is -2.29. The number of aryl methyl sites for hydroxylation is 1. The van der Waals surface area contributed by atoms with Gasteiger partial charge in [-0.1, -0.05) is 53.9 Å². The fraction of sp³-hybridized carbons (Fsp3) is 0.625. The van der Waals surface area contributed by atoms with Crippen LogP contribution in [0.15, 0.2) is 22.7 Å². The van der Waals surface area contributed by atoms with Crippen LogP contribution in [0.1, 0.15) is 49.8 Å². The van der Waals surface area contributed by atoms with E-state index in [1.54, 1.807) is 0 Å². The van der Waals surface area contributed by atoms with Crippen molar-refractivity contribution >= 4 is 15.9 Å². The minimum absolute atomic E-state index is 0.488. The van der Waals surface area contributed by atoms with Crippen molar-refractivity contribution in [2.45, 2.75) is 45.6 Å². The van der Waals surface area contributed by atoms with Crippen molar-refractivity contribution < 1.29 is 0 Å². The van der Waals surface area contributed by atoms with Gasteiger partial charge in [0.25, 0.3) is 0 Å². The average molecular weight is 310 g/mol. The average Bonchev–Trinajstić information content (AvgIpc) is 2.35. The van der Waals surface area contributed by atoms with E-state index in [2.05, 4.69) is 60.3 Å². The summed E-state index contributed by atoms with van der Waals surface area (Å²) in [6.07, 6.45) is 5.50. The number of hydrogen-bond acceptors (Lipinski definition) is 1. The predicted octanol–water partition coefficient (Wildman–Crippen LogP) is 4.84. The van der Waals surface area contributed by atoms with E-state index in [0.29, 0.717) is 6.04 Å². The Morgan fingerprint density at radius 1 is 1.33 bits per heavy atom. The highest BCUT2D eigenvalue weighted by molar-refractivity contribution is 9.10. The molecule has 1 aromatic rings. The minimum atomic E-state index is 0.488. The fourth-order valence-electron chi connectivity index (χ4n) is 3.34. The number of benzene rings is 1. The predicted molar refractivity (Wildman–Crippen MR) is 81.8 cm³/mol. The van der Waals surface area contributed by atoms with E-state index in [1.807, 2.05) is 0 Å². The third-order valence-electron chi connectivity index (χ3n) is 4.32. The van der Waals surface area contributed by atoms with Gasteiger partial charge in [0, 0.05) is 10.5 Å². The molecule has 1 saturated carbocycles. The molecule has 0 saturated heterocycles. The topological polar surface area (TPSA) is 12.0 Å². The fourth-order valence-corrected chi connectivity index (χ4v) is 3.85. The van der Waals surface area contributed by atoms with Crippen LogP contribution in [0.25, 0.3) is 0 Å². The number of halogens is 1. The smallest absolute Gasteiger partial charge is 0.0357 e. The molecular formula is C16H24BrN. The molecule has 3 unspecified atom stereocenters. The Morgan fingerprint density at radius 2 is 2.11 bits per heavy atom. The Balaban J connectivity index is 2.24. The van der Waals surface area contributed by atoms with Crippen molar-refractivity contribution in [2.75, 3.05) is 7.05 Å². The SMILES string of the molecule is CNC(c1cccc(C)c1Br)C1CCCC(C)C1. The van der Waals surface area contributed by atoms with Crippen LogP contribution in [0, 0.1) is 18.8 Å². The molecule has 1 nitrogen and oxygen atoms in total. The molecule has 2 heteroatoms. The molecule has 3 atom stereocenters. The van der Waals surface area contributed by atoms with E-state index in [1.165, 1.54) is 41.3 Å². The molecule has 0 bridgehead atoms. The van der Waals surface area contributed by atoms with E-state index in [-0.39, 0.29) is 0 Å².